The topological polar surface area (TPSA) is 50.4 Å². The molecule has 0 unspecified atom stereocenters. The van der Waals surface area contributed by atoms with E-state index in [1.54, 1.807) is 22.8 Å². The van der Waals surface area contributed by atoms with Gasteiger partial charge in [0.1, 0.15) is 5.75 Å². The molecule has 0 radical (unpaired) electrons. The number of nitrogens with zero attached hydrogens (tertiary/aromatic N) is 3. The van der Waals surface area contributed by atoms with Gasteiger partial charge in [-0.1, -0.05) is 0 Å². The molecular formula is C12H9N3O. The van der Waals surface area contributed by atoms with Crippen molar-refractivity contribution >= 4 is 5.65 Å². The monoisotopic (exact) mass is 211 g/mol. The van der Waals surface area contributed by atoms with Crippen LogP contribution < -0.4 is 0 Å². The highest BCUT2D eigenvalue weighted by Crippen LogP contribution is 2.21. The Kier molecular flexibility index (Phi) is 1.86. The number of phenolic OH excluding ortho intramolecular Hbond substituents is 1. The molecule has 0 aliphatic rings. The molecule has 0 saturated heterocycles. The Morgan fingerprint density at radius 3 is 2.69 bits per heavy atom. The van der Waals surface area contributed by atoms with E-state index in [0.717, 1.165) is 16.9 Å². The maximum Gasteiger partial charge on any atom is 0.155 e. The number of hydrogen-bond acceptors (Lipinski definition) is 3. The minimum atomic E-state index is 0.255. The van der Waals surface area contributed by atoms with Crippen LogP contribution in [0.1, 0.15) is 0 Å². The lowest BCUT2D eigenvalue weighted by Gasteiger charge is -1.95. The maximum absolute atomic E-state index is 9.21. The van der Waals surface area contributed by atoms with Gasteiger partial charge in [0.05, 0.1) is 5.69 Å². The molecule has 0 aliphatic heterocycles. The van der Waals surface area contributed by atoms with Gasteiger partial charge in [-0.2, -0.15) is 5.10 Å². The molecule has 0 amide bonds. The van der Waals surface area contributed by atoms with E-state index in [2.05, 4.69) is 10.1 Å². The third kappa shape index (κ3) is 1.40. The van der Waals surface area contributed by atoms with Crippen molar-refractivity contribution < 1.29 is 5.11 Å². The number of benzene rings is 1. The van der Waals surface area contributed by atoms with Crippen LogP contribution in [0.4, 0.5) is 0 Å². The van der Waals surface area contributed by atoms with E-state index in [1.165, 1.54) is 0 Å². The summed E-state index contributed by atoms with van der Waals surface area (Å²) in [4.78, 5) is 4.20. The van der Waals surface area contributed by atoms with Crippen LogP contribution in [0, 0.1) is 0 Å². The number of phenols is 1. The molecule has 0 spiro atoms. The van der Waals surface area contributed by atoms with E-state index < -0.39 is 0 Å². The molecule has 0 saturated carbocycles. The lowest BCUT2D eigenvalue weighted by atomic mass is 10.1. The Morgan fingerprint density at radius 1 is 1.12 bits per heavy atom. The molecular weight excluding hydrogens is 202 g/mol. The zero-order chi connectivity index (χ0) is 11.0. The van der Waals surface area contributed by atoms with Crippen molar-refractivity contribution in [3.63, 3.8) is 0 Å². The predicted octanol–water partition coefficient (Wildman–Crippen LogP) is 2.10. The predicted molar refractivity (Wildman–Crippen MR) is 60.1 cm³/mol. The van der Waals surface area contributed by atoms with E-state index in [4.69, 9.17) is 0 Å². The van der Waals surface area contributed by atoms with Crippen LogP contribution in [0.5, 0.6) is 5.75 Å². The molecule has 3 rings (SSSR count). The van der Waals surface area contributed by atoms with E-state index in [1.807, 2.05) is 30.5 Å². The van der Waals surface area contributed by atoms with Gasteiger partial charge >= 0.3 is 0 Å². The number of aromatic nitrogens is 3. The second-order valence-corrected chi connectivity index (χ2v) is 3.50. The second-order valence-electron chi connectivity index (χ2n) is 3.50. The van der Waals surface area contributed by atoms with Gasteiger partial charge in [0.15, 0.2) is 5.65 Å². The Labute approximate surface area is 91.8 Å². The number of hydrogen-bond donors (Lipinski definition) is 1. The first-order valence-electron chi connectivity index (χ1n) is 4.93. The Morgan fingerprint density at radius 2 is 1.94 bits per heavy atom. The summed E-state index contributed by atoms with van der Waals surface area (Å²) in [5.41, 5.74) is 2.62. The summed E-state index contributed by atoms with van der Waals surface area (Å²) in [5, 5.41) is 13.6. The third-order valence-electron chi connectivity index (χ3n) is 2.40. The van der Waals surface area contributed by atoms with E-state index in [9.17, 15) is 5.11 Å². The Bertz CT molecular complexity index is 595. The normalized spacial score (nSPS) is 10.8. The fourth-order valence-corrected chi connectivity index (χ4v) is 1.60. The zero-order valence-electron chi connectivity index (χ0n) is 8.41. The van der Waals surface area contributed by atoms with Gasteiger partial charge in [-0.05, 0) is 30.3 Å². The van der Waals surface area contributed by atoms with Crippen molar-refractivity contribution in [1.82, 2.24) is 14.6 Å². The van der Waals surface area contributed by atoms with E-state index in [-0.39, 0.29) is 5.75 Å². The molecule has 4 heteroatoms. The summed E-state index contributed by atoms with van der Waals surface area (Å²) in [6.45, 7) is 0. The SMILES string of the molecule is Oc1ccc(-c2cc3ncccn3n2)cc1. The molecule has 0 aliphatic carbocycles. The molecule has 0 bridgehead atoms. The first-order chi connectivity index (χ1) is 7.83. The summed E-state index contributed by atoms with van der Waals surface area (Å²) in [5.74, 6) is 0.255. The summed E-state index contributed by atoms with van der Waals surface area (Å²) in [6, 6.07) is 10.7. The lowest BCUT2D eigenvalue weighted by Crippen LogP contribution is -1.87. The average Bonchev–Trinajstić information content (AvgIpc) is 2.73. The van der Waals surface area contributed by atoms with Gasteiger partial charge in [0.2, 0.25) is 0 Å². The fourth-order valence-electron chi connectivity index (χ4n) is 1.60. The highest BCUT2D eigenvalue weighted by Gasteiger charge is 2.04. The van der Waals surface area contributed by atoms with E-state index in [0.29, 0.717) is 0 Å². The van der Waals surface area contributed by atoms with Crippen molar-refractivity contribution in [2.45, 2.75) is 0 Å². The van der Waals surface area contributed by atoms with Crippen molar-refractivity contribution in [2.75, 3.05) is 0 Å². The standard InChI is InChI=1S/C12H9N3O/c16-10-4-2-9(3-5-10)11-8-12-13-6-1-7-15(12)14-11/h1-8,16H. The molecule has 1 N–H and O–H groups in total. The lowest BCUT2D eigenvalue weighted by molar-refractivity contribution is 0.475. The Hall–Kier alpha value is -2.36. The molecule has 16 heavy (non-hydrogen) atoms. The van der Waals surface area contributed by atoms with Crippen LogP contribution in [0.25, 0.3) is 16.9 Å². The molecule has 3 aromatic rings. The summed E-state index contributed by atoms with van der Waals surface area (Å²) in [6.07, 6.45) is 3.59. The smallest absolute Gasteiger partial charge is 0.155 e. The minimum absolute atomic E-state index is 0.255. The van der Waals surface area contributed by atoms with Crippen LogP contribution >= 0.6 is 0 Å². The molecule has 0 fully saturated rings. The maximum atomic E-state index is 9.21. The first-order valence-corrected chi connectivity index (χ1v) is 4.93. The molecule has 2 aromatic heterocycles. The van der Waals surface area contributed by atoms with Gasteiger partial charge in [-0.15, -0.1) is 0 Å². The van der Waals surface area contributed by atoms with Crippen LogP contribution in [0.15, 0.2) is 48.8 Å². The second kappa shape index (κ2) is 3.34. The number of rotatable bonds is 1. The Balaban J connectivity index is 2.15. The number of fused-ring (bicyclic) bond motifs is 1. The molecule has 4 nitrogen and oxygen atoms in total. The van der Waals surface area contributed by atoms with Gasteiger partial charge in [0, 0.05) is 24.0 Å². The van der Waals surface area contributed by atoms with Crippen LogP contribution in [0.3, 0.4) is 0 Å². The average molecular weight is 211 g/mol. The third-order valence-corrected chi connectivity index (χ3v) is 2.40. The van der Waals surface area contributed by atoms with Gasteiger partial charge in [-0.25, -0.2) is 9.50 Å². The summed E-state index contributed by atoms with van der Waals surface area (Å²) >= 11 is 0. The summed E-state index contributed by atoms with van der Waals surface area (Å²) < 4.78 is 1.72. The summed E-state index contributed by atoms with van der Waals surface area (Å²) in [7, 11) is 0. The molecule has 78 valence electrons. The first kappa shape index (κ1) is 8.91. The fraction of sp³-hybridized carbons (Fsp3) is 0. The van der Waals surface area contributed by atoms with Crippen LogP contribution in [0.2, 0.25) is 0 Å². The van der Waals surface area contributed by atoms with Gasteiger partial charge in [-0.3, -0.25) is 0 Å². The number of aromatic hydroxyl groups is 1. The van der Waals surface area contributed by atoms with Crippen molar-refractivity contribution in [2.24, 2.45) is 0 Å². The van der Waals surface area contributed by atoms with Gasteiger partial charge < -0.3 is 5.11 Å². The van der Waals surface area contributed by atoms with Gasteiger partial charge in [0.25, 0.3) is 0 Å². The van der Waals surface area contributed by atoms with Crippen molar-refractivity contribution in [1.29, 1.82) is 0 Å². The molecule has 2 heterocycles. The zero-order valence-corrected chi connectivity index (χ0v) is 8.41. The quantitative estimate of drug-likeness (QED) is 0.670. The van der Waals surface area contributed by atoms with Crippen LogP contribution in [-0.4, -0.2) is 19.7 Å². The highest BCUT2D eigenvalue weighted by atomic mass is 16.3. The largest absolute Gasteiger partial charge is 0.508 e. The molecule has 0 atom stereocenters. The minimum Gasteiger partial charge on any atom is -0.508 e. The van der Waals surface area contributed by atoms with Crippen LogP contribution in [-0.2, 0) is 0 Å². The van der Waals surface area contributed by atoms with E-state index >= 15 is 0 Å². The molecule has 1 aromatic carbocycles. The van der Waals surface area contributed by atoms with Crippen molar-refractivity contribution in [3.8, 4) is 17.0 Å². The highest BCUT2D eigenvalue weighted by molar-refractivity contribution is 5.64. The van der Waals surface area contributed by atoms with Crippen molar-refractivity contribution in [3.05, 3.63) is 48.8 Å².